The molecule has 3 nitrogen and oxygen atoms in total. The molecule has 290 valence electrons. The van der Waals surface area contributed by atoms with Gasteiger partial charge in [0.2, 0.25) is 0 Å². The van der Waals surface area contributed by atoms with E-state index in [1.165, 1.54) is 75.5 Å². The van der Waals surface area contributed by atoms with Crippen LogP contribution in [-0.4, -0.2) is 15.0 Å². The Bertz CT molecular complexity index is 3380. The maximum absolute atomic E-state index is 5.39. The predicted molar refractivity (Wildman–Crippen MR) is 264 cm³/mol. The van der Waals surface area contributed by atoms with Crippen LogP contribution in [-0.2, 0) is 0 Å². The summed E-state index contributed by atoms with van der Waals surface area (Å²) in [5, 5.41) is 4.83. The minimum Gasteiger partial charge on any atom is -0.208 e. The van der Waals surface area contributed by atoms with Crippen molar-refractivity contribution in [2.45, 2.75) is 0 Å². The van der Waals surface area contributed by atoms with Crippen molar-refractivity contribution in [2.24, 2.45) is 0 Å². The average Bonchev–Trinajstić information content (AvgIpc) is 3.92. The molecule has 62 heavy (non-hydrogen) atoms. The molecular formula is C57H35N3S2. The van der Waals surface area contributed by atoms with E-state index in [1.54, 1.807) is 22.7 Å². The molecule has 12 rings (SSSR count). The molecule has 0 fully saturated rings. The lowest BCUT2D eigenvalue weighted by molar-refractivity contribution is 1.08. The molecular weight excluding hydrogens is 791 g/mol. The monoisotopic (exact) mass is 825 g/mol. The first-order valence-electron chi connectivity index (χ1n) is 20.8. The molecule has 0 aliphatic heterocycles. The maximum Gasteiger partial charge on any atom is 0.165 e. The molecule has 3 heterocycles. The van der Waals surface area contributed by atoms with Gasteiger partial charge in [-0.05, 0) is 80.9 Å². The van der Waals surface area contributed by atoms with Gasteiger partial charge in [-0.15, -0.1) is 22.7 Å². The first-order chi connectivity index (χ1) is 30.7. The minimum absolute atomic E-state index is 0.650. The normalized spacial score (nSPS) is 11.5. The molecule has 0 N–H and O–H groups in total. The Morgan fingerprint density at radius 1 is 0.242 bits per heavy atom. The van der Waals surface area contributed by atoms with Crippen molar-refractivity contribution in [2.75, 3.05) is 0 Å². The van der Waals surface area contributed by atoms with Crippen molar-refractivity contribution in [1.82, 2.24) is 15.0 Å². The van der Waals surface area contributed by atoms with E-state index in [0.29, 0.717) is 17.5 Å². The van der Waals surface area contributed by atoms with Gasteiger partial charge in [-0.2, -0.15) is 0 Å². The molecule has 0 unspecified atom stereocenters. The lowest BCUT2D eigenvalue weighted by Gasteiger charge is -2.11. The Kier molecular flexibility index (Phi) is 8.87. The zero-order valence-corrected chi connectivity index (χ0v) is 35.0. The fourth-order valence-electron chi connectivity index (χ4n) is 8.80. The molecule has 0 saturated heterocycles. The van der Waals surface area contributed by atoms with Crippen LogP contribution in [0, 0.1) is 0 Å². The Morgan fingerprint density at radius 2 is 0.565 bits per heavy atom. The molecule has 0 saturated carbocycles. The van der Waals surface area contributed by atoms with E-state index in [-0.39, 0.29) is 0 Å². The minimum atomic E-state index is 0.650. The van der Waals surface area contributed by atoms with Crippen molar-refractivity contribution in [3.63, 3.8) is 0 Å². The molecule has 0 spiro atoms. The smallest absolute Gasteiger partial charge is 0.165 e. The van der Waals surface area contributed by atoms with Crippen molar-refractivity contribution in [3.8, 4) is 78.7 Å². The number of nitrogens with zero attached hydrogens (tertiary/aromatic N) is 3. The van der Waals surface area contributed by atoms with Crippen molar-refractivity contribution in [3.05, 3.63) is 212 Å². The molecule has 0 aliphatic rings. The summed E-state index contributed by atoms with van der Waals surface area (Å²) in [7, 11) is 0. The average molecular weight is 826 g/mol. The molecule has 5 heteroatoms. The second-order valence-electron chi connectivity index (χ2n) is 15.5. The molecule has 12 aromatic rings. The summed E-state index contributed by atoms with van der Waals surface area (Å²) in [6, 6.07) is 75.7. The summed E-state index contributed by atoms with van der Waals surface area (Å²) in [5.74, 6) is 1.97. The molecule has 9 aromatic carbocycles. The summed E-state index contributed by atoms with van der Waals surface area (Å²) in [5.41, 5.74) is 12.6. The summed E-state index contributed by atoms with van der Waals surface area (Å²) >= 11 is 3.61. The number of rotatable bonds is 7. The van der Waals surface area contributed by atoms with E-state index in [0.717, 1.165) is 26.1 Å². The fraction of sp³-hybridized carbons (Fsp3) is 0. The SMILES string of the molecule is c1ccc(-c2nc(-c3cccc4c3sc3cc(-c5ccccc5)c(-c5ccccc5)cc34)nc(-c3cccc4c3sc3cc(-c5ccccc5)c(-c5ccccc5)cc34)n2)cc1. The second kappa shape index (κ2) is 15.2. The van der Waals surface area contributed by atoms with Gasteiger partial charge in [0.05, 0.1) is 0 Å². The number of thiophene rings is 2. The molecule has 0 amide bonds. The Morgan fingerprint density at radius 3 is 0.935 bits per heavy atom. The van der Waals surface area contributed by atoms with Crippen LogP contribution in [0.1, 0.15) is 0 Å². The third-order valence-electron chi connectivity index (χ3n) is 11.8. The van der Waals surface area contributed by atoms with E-state index in [2.05, 4.69) is 194 Å². The van der Waals surface area contributed by atoms with E-state index >= 15 is 0 Å². The van der Waals surface area contributed by atoms with E-state index < -0.39 is 0 Å². The van der Waals surface area contributed by atoms with Crippen LogP contribution in [0.25, 0.3) is 119 Å². The molecule has 0 atom stereocenters. The molecule has 0 bridgehead atoms. The highest BCUT2D eigenvalue weighted by Gasteiger charge is 2.21. The largest absolute Gasteiger partial charge is 0.208 e. The first-order valence-corrected chi connectivity index (χ1v) is 22.4. The fourth-order valence-corrected chi connectivity index (χ4v) is 11.3. The lowest BCUT2D eigenvalue weighted by atomic mass is 9.93. The first kappa shape index (κ1) is 36.3. The second-order valence-corrected chi connectivity index (χ2v) is 17.6. The van der Waals surface area contributed by atoms with Gasteiger partial charge < -0.3 is 0 Å². The van der Waals surface area contributed by atoms with Crippen LogP contribution in [0.15, 0.2) is 212 Å². The van der Waals surface area contributed by atoms with Gasteiger partial charge in [-0.25, -0.2) is 15.0 Å². The third-order valence-corrected chi connectivity index (χ3v) is 14.2. The highest BCUT2D eigenvalue weighted by atomic mass is 32.1. The quantitative estimate of drug-likeness (QED) is 0.161. The Balaban J connectivity index is 1.07. The molecule has 3 aromatic heterocycles. The molecule has 0 aliphatic carbocycles. The van der Waals surface area contributed by atoms with Gasteiger partial charge in [0.25, 0.3) is 0 Å². The lowest BCUT2D eigenvalue weighted by Crippen LogP contribution is -2.00. The summed E-state index contributed by atoms with van der Waals surface area (Å²) < 4.78 is 4.77. The van der Waals surface area contributed by atoms with Crippen LogP contribution < -0.4 is 0 Å². The van der Waals surface area contributed by atoms with Gasteiger partial charge in [0, 0.05) is 57.0 Å². The number of hydrogen-bond acceptors (Lipinski definition) is 5. The topological polar surface area (TPSA) is 38.7 Å². The van der Waals surface area contributed by atoms with Crippen LogP contribution in [0.3, 0.4) is 0 Å². The number of benzene rings is 9. The van der Waals surface area contributed by atoms with Crippen LogP contribution in [0.5, 0.6) is 0 Å². The van der Waals surface area contributed by atoms with Crippen molar-refractivity contribution in [1.29, 1.82) is 0 Å². The Labute approximate surface area is 366 Å². The van der Waals surface area contributed by atoms with Crippen LogP contribution in [0.2, 0.25) is 0 Å². The highest BCUT2D eigenvalue weighted by Crippen LogP contribution is 2.47. The third kappa shape index (κ3) is 6.29. The van der Waals surface area contributed by atoms with Gasteiger partial charge in [-0.3, -0.25) is 0 Å². The highest BCUT2D eigenvalue weighted by molar-refractivity contribution is 7.26. The van der Waals surface area contributed by atoms with Crippen molar-refractivity contribution >= 4 is 63.0 Å². The Hall–Kier alpha value is -7.57. The van der Waals surface area contributed by atoms with Crippen LogP contribution >= 0.6 is 22.7 Å². The van der Waals surface area contributed by atoms with Gasteiger partial charge in [-0.1, -0.05) is 176 Å². The standard InChI is InChI=1S/C57H35N3S2/c1-6-18-36(19-7-1)45-32-49-41-28-16-30-43(53(41)61-51(49)34-47(45)38-22-10-3-11-23-38)56-58-55(40-26-14-5-15-27-40)59-57(60-56)44-31-17-29-42-50-33-46(37-20-8-2-9-21-37)48(35-52(50)62-54(42)44)39-24-12-4-13-25-39/h1-35H. The number of hydrogen-bond donors (Lipinski definition) is 0. The van der Waals surface area contributed by atoms with Crippen molar-refractivity contribution < 1.29 is 0 Å². The zero-order chi connectivity index (χ0) is 41.0. The van der Waals surface area contributed by atoms with E-state index in [4.69, 9.17) is 15.0 Å². The van der Waals surface area contributed by atoms with E-state index in [9.17, 15) is 0 Å². The summed E-state index contributed by atoms with van der Waals surface area (Å²) in [6.07, 6.45) is 0. The number of fused-ring (bicyclic) bond motifs is 6. The van der Waals surface area contributed by atoms with Crippen LogP contribution in [0.4, 0.5) is 0 Å². The maximum atomic E-state index is 5.39. The van der Waals surface area contributed by atoms with Gasteiger partial charge in [0.1, 0.15) is 0 Å². The number of aromatic nitrogens is 3. The predicted octanol–water partition coefficient (Wildman–Crippen LogP) is 16.3. The van der Waals surface area contributed by atoms with Gasteiger partial charge in [0.15, 0.2) is 17.5 Å². The van der Waals surface area contributed by atoms with E-state index in [1.807, 2.05) is 18.2 Å². The zero-order valence-electron chi connectivity index (χ0n) is 33.4. The van der Waals surface area contributed by atoms with Gasteiger partial charge >= 0.3 is 0 Å². The molecule has 0 radical (unpaired) electrons. The summed E-state index contributed by atoms with van der Waals surface area (Å²) in [6.45, 7) is 0. The summed E-state index contributed by atoms with van der Waals surface area (Å²) in [4.78, 5) is 15.9.